The number of halogens is 1. The Labute approximate surface area is 145 Å². The molecule has 104 valence electrons. The van der Waals surface area contributed by atoms with Gasteiger partial charge in [0.25, 0.3) is 0 Å². The Morgan fingerprint density at radius 1 is 1.44 bits per heavy atom. The van der Waals surface area contributed by atoms with Gasteiger partial charge in [-0.3, -0.25) is 0 Å². The van der Waals surface area contributed by atoms with E-state index < -0.39 is 0 Å². The first-order valence-corrected chi connectivity index (χ1v) is 10.1. The maximum atomic E-state index is 10.2. The first kappa shape index (κ1) is 21.3. The normalized spacial score (nSPS) is 10.8. The average Bonchev–Trinajstić information content (AvgIpc) is 2.26. The van der Waals surface area contributed by atoms with E-state index in [1.165, 1.54) is 30.6 Å². The first-order chi connectivity index (χ1) is 8.33. The number of carbonyl (C=O) groups is 1. The van der Waals surface area contributed by atoms with Crippen LogP contribution in [0.2, 0.25) is 4.44 Å². The molecule has 0 aliphatic rings. The van der Waals surface area contributed by atoms with E-state index in [1.807, 2.05) is 0 Å². The largest absolute Gasteiger partial charge is 0.385 e. The van der Waals surface area contributed by atoms with Crippen molar-refractivity contribution in [3.63, 3.8) is 0 Å². The van der Waals surface area contributed by atoms with Crippen LogP contribution >= 0.6 is 59.6 Å². The molecule has 4 N–H and O–H groups in total. The van der Waals surface area contributed by atoms with Crippen LogP contribution in [0.3, 0.4) is 0 Å². The molecule has 0 aliphatic carbocycles. The minimum Gasteiger partial charge on any atom is -0.385 e. The van der Waals surface area contributed by atoms with Crippen LogP contribution in [0.15, 0.2) is 0 Å². The fraction of sp³-hybridized carbons (Fsp3) is 0.625. The van der Waals surface area contributed by atoms with Crippen molar-refractivity contribution in [3.05, 3.63) is 0 Å². The van der Waals surface area contributed by atoms with Gasteiger partial charge in [0, 0.05) is 5.75 Å². The van der Waals surface area contributed by atoms with E-state index >= 15 is 0 Å². The zero-order valence-electron chi connectivity index (χ0n) is 9.76. The standard InChI is InChI=1S/C4H7ClN2S4.C4H7O2.Sn.H/c5-2(11-4(7)9)1-10-3(6)8;1-3-4(5)6-2;;/h2H,1H2,(H2,6,8)(H2,7,9);1,3H2,2H3;;. The number of methoxy groups -OCH3 is 1. The Bertz CT molecular complexity index is 284. The molecule has 0 heterocycles. The molecule has 0 amide bonds. The Kier molecular flexibility index (Phi) is 17.1. The van der Waals surface area contributed by atoms with Gasteiger partial charge in [0.2, 0.25) is 0 Å². The Morgan fingerprint density at radius 3 is 2.28 bits per heavy atom. The summed E-state index contributed by atoms with van der Waals surface area (Å²) < 4.78 is 5.95. The third-order valence-corrected chi connectivity index (χ3v) is 4.90. The van der Waals surface area contributed by atoms with Gasteiger partial charge in [-0.1, -0.05) is 48.0 Å². The topological polar surface area (TPSA) is 78.3 Å². The van der Waals surface area contributed by atoms with Gasteiger partial charge in [0.15, 0.2) is 0 Å². The summed E-state index contributed by atoms with van der Waals surface area (Å²) in [4.78, 5) is 10.2. The average molecular weight is 454 g/mol. The van der Waals surface area contributed by atoms with Crippen molar-refractivity contribution in [2.75, 3.05) is 12.9 Å². The Hall–Kier alpha value is 1.04. The number of hydrogen-bond donors (Lipinski definition) is 2. The van der Waals surface area contributed by atoms with Crippen LogP contribution < -0.4 is 11.5 Å². The van der Waals surface area contributed by atoms with E-state index in [9.17, 15) is 4.79 Å². The van der Waals surface area contributed by atoms with Gasteiger partial charge < -0.3 is 11.5 Å². The van der Waals surface area contributed by atoms with Gasteiger partial charge in [0.05, 0.1) is 4.71 Å². The van der Waals surface area contributed by atoms with Crippen LogP contribution in [0.5, 0.6) is 0 Å². The molecule has 0 spiro atoms. The number of thiocarbonyl (C=S) groups is 2. The SMILES string of the molecule is COC(=O)C[CH2][SnH].NC(=S)SCC(Cl)SC(N)=S. The quantitative estimate of drug-likeness (QED) is 0.280. The number of alkyl halides is 1. The van der Waals surface area contributed by atoms with Crippen molar-refractivity contribution in [2.45, 2.75) is 15.6 Å². The summed E-state index contributed by atoms with van der Waals surface area (Å²) in [5.74, 6) is 0.534. The minimum absolute atomic E-state index is 0.0902. The van der Waals surface area contributed by atoms with Crippen LogP contribution in [0.1, 0.15) is 6.42 Å². The Balaban J connectivity index is 0. The van der Waals surface area contributed by atoms with Crippen LogP contribution in [-0.4, -0.2) is 54.7 Å². The van der Waals surface area contributed by atoms with Crippen molar-refractivity contribution in [1.82, 2.24) is 0 Å². The van der Waals surface area contributed by atoms with Crippen molar-refractivity contribution in [2.24, 2.45) is 11.5 Å². The zero-order chi connectivity index (χ0) is 14.6. The number of carbonyl (C=O) groups excluding carboxylic acids is 1. The number of rotatable bonds is 5. The zero-order valence-corrected chi connectivity index (χ0v) is 17.1. The molecule has 0 aromatic carbocycles. The Morgan fingerprint density at radius 2 is 2.00 bits per heavy atom. The van der Waals surface area contributed by atoms with Crippen LogP contribution in [0.4, 0.5) is 0 Å². The second-order valence-electron chi connectivity index (χ2n) is 2.59. The fourth-order valence-corrected chi connectivity index (χ4v) is 3.41. The summed E-state index contributed by atoms with van der Waals surface area (Å²) in [7, 11) is 1.42. The van der Waals surface area contributed by atoms with E-state index in [0.29, 0.717) is 20.8 Å². The fourth-order valence-electron chi connectivity index (χ4n) is 0.528. The molecule has 0 aromatic heterocycles. The number of esters is 1. The molecule has 18 heavy (non-hydrogen) atoms. The third-order valence-electron chi connectivity index (χ3n) is 1.18. The molecule has 1 atom stereocenters. The van der Waals surface area contributed by atoms with E-state index in [0.717, 1.165) is 27.0 Å². The smallest absolute Gasteiger partial charge is 0.132 e. The van der Waals surface area contributed by atoms with Gasteiger partial charge in [0.1, 0.15) is 8.64 Å². The molecule has 0 aromatic rings. The predicted octanol–water partition coefficient (Wildman–Crippen LogP) is 1.37. The van der Waals surface area contributed by atoms with E-state index in [-0.39, 0.29) is 10.7 Å². The maximum Gasteiger partial charge on any atom is 0.132 e. The number of thioether (sulfide) groups is 2. The van der Waals surface area contributed by atoms with E-state index in [2.05, 4.69) is 29.2 Å². The molecular formula is C8H15ClN2O2S4Sn. The number of hydrogen-bond acceptors (Lipinski definition) is 6. The second kappa shape index (κ2) is 14.4. The third kappa shape index (κ3) is 19.4. The van der Waals surface area contributed by atoms with Gasteiger partial charge in [-0.2, -0.15) is 0 Å². The number of ether oxygens (including phenoxy) is 1. The molecular weight excluding hydrogens is 439 g/mol. The summed E-state index contributed by atoms with van der Waals surface area (Å²) in [6.45, 7) is 0. The maximum absolute atomic E-state index is 10.2. The van der Waals surface area contributed by atoms with Crippen molar-refractivity contribution < 1.29 is 9.53 Å². The predicted molar refractivity (Wildman–Crippen MR) is 91.8 cm³/mol. The molecule has 2 radical (unpaired) electrons. The van der Waals surface area contributed by atoms with Crippen molar-refractivity contribution in [1.29, 1.82) is 0 Å². The monoisotopic (exact) mass is 454 g/mol. The molecule has 10 heteroatoms. The van der Waals surface area contributed by atoms with Crippen molar-refractivity contribution >= 4 is 96.7 Å². The molecule has 0 saturated heterocycles. The second-order valence-corrected chi connectivity index (χ2v) is 8.73. The van der Waals surface area contributed by atoms with Gasteiger partial charge in [-0.15, -0.1) is 11.6 Å². The molecule has 0 saturated carbocycles. The number of nitrogens with two attached hydrogens (primary N) is 2. The summed E-state index contributed by atoms with van der Waals surface area (Å²) >= 11 is 18.8. The summed E-state index contributed by atoms with van der Waals surface area (Å²) in [6.07, 6.45) is 0.596. The van der Waals surface area contributed by atoms with Gasteiger partial charge in [-0.05, 0) is 0 Å². The van der Waals surface area contributed by atoms with Gasteiger partial charge in [-0.25, -0.2) is 0 Å². The van der Waals surface area contributed by atoms with Crippen molar-refractivity contribution in [3.8, 4) is 0 Å². The molecule has 0 fully saturated rings. The summed E-state index contributed by atoms with van der Waals surface area (Å²) in [5.41, 5.74) is 10.5. The van der Waals surface area contributed by atoms with Crippen LogP contribution in [-0.2, 0) is 9.53 Å². The molecule has 4 nitrogen and oxygen atoms in total. The molecule has 0 aliphatic heterocycles. The van der Waals surface area contributed by atoms with Gasteiger partial charge >= 0.3 is 56.0 Å². The van der Waals surface area contributed by atoms with Crippen LogP contribution in [0, 0.1) is 0 Å². The molecule has 0 rings (SSSR count). The first-order valence-electron chi connectivity index (χ1n) is 4.62. The van der Waals surface area contributed by atoms with E-state index in [4.69, 9.17) is 23.1 Å². The van der Waals surface area contributed by atoms with Crippen LogP contribution in [0.25, 0.3) is 0 Å². The minimum atomic E-state index is -0.154. The molecule has 0 bridgehead atoms. The summed E-state index contributed by atoms with van der Waals surface area (Å²) in [6, 6.07) is 0. The summed E-state index contributed by atoms with van der Waals surface area (Å²) in [5, 5.41) is 0. The molecule has 1 unspecified atom stereocenters. The van der Waals surface area contributed by atoms with E-state index in [1.54, 1.807) is 0 Å².